The molecule has 118 valence electrons. The Morgan fingerprint density at radius 1 is 1.04 bits per heavy atom. The summed E-state index contributed by atoms with van der Waals surface area (Å²) in [6.45, 7) is 2.39. The summed E-state index contributed by atoms with van der Waals surface area (Å²) in [5, 5.41) is 0. The number of hydrogen-bond acceptors (Lipinski definition) is 3. The second-order valence-electron chi connectivity index (χ2n) is 5.69. The van der Waals surface area contributed by atoms with Gasteiger partial charge < -0.3 is 9.64 Å². The first kappa shape index (κ1) is 15.3. The fourth-order valence-corrected chi connectivity index (χ4v) is 3.02. The van der Waals surface area contributed by atoms with Gasteiger partial charge >= 0.3 is 5.97 Å². The lowest BCUT2D eigenvalue weighted by molar-refractivity contribution is -0.116. The Morgan fingerprint density at radius 2 is 1.74 bits per heavy atom. The van der Waals surface area contributed by atoms with Gasteiger partial charge in [0.1, 0.15) is 0 Å². The summed E-state index contributed by atoms with van der Waals surface area (Å²) in [4.78, 5) is 25.1. The molecule has 0 fully saturated rings. The zero-order chi connectivity index (χ0) is 16.4. The van der Waals surface area contributed by atoms with Gasteiger partial charge in [0.15, 0.2) is 0 Å². The molecule has 3 rings (SSSR count). The van der Waals surface area contributed by atoms with Gasteiger partial charge in [0.05, 0.1) is 12.7 Å². The molecule has 0 spiro atoms. The molecule has 0 aromatic heterocycles. The molecule has 1 amide bonds. The van der Waals surface area contributed by atoms with Gasteiger partial charge in [-0.05, 0) is 53.8 Å². The number of carbonyl (C=O) groups excluding carboxylic acids is 2. The van der Waals surface area contributed by atoms with Crippen LogP contribution in [0.15, 0.2) is 42.5 Å². The Kier molecular flexibility index (Phi) is 4.15. The molecule has 1 aliphatic rings. The number of carbonyl (C=O) groups is 2. The molecule has 0 aliphatic carbocycles. The number of methoxy groups -OCH3 is 1. The van der Waals surface area contributed by atoms with E-state index in [0.29, 0.717) is 5.56 Å². The largest absolute Gasteiger partial charge is 0.465 e. The first-order valence-electron chi connectivity index (χ1n) is 7.70. The second-order valence-corrected chi connectivity index (χ2v) is 5.69. The minimum atomic E-state index is -0.334. The van der Waals surface area contributed by atoms with Gasteiger partial charge in [0.2, 0.25) is 5.91 Å². The SMILES string of the molecule is COC(=O)c1ccc(-c2ccc3c(c2)CCCN3C(C)=O)cc1. The molecular formula is C19H19NO3. The number of hydrogen-bond donors (Lipinski definition) is 0. The van der Waals surface area contributed by atoms with Gasteiger partial charge in [0.25, 0.3) is 0 Å². The average Bonchev–Trinajstić information content (AvgIpc) is 2.60. The fourth-order valence-electron chi connectivity index (χ4n) is 3.02. The molecule has 0 N–H and O–H groups in total. The van der Waals surface area contributed by atoms with E-state index in [-0.39, 0.29) is 11.9 Å². The van der Waals surface area contributed by atoms with Crippen LogP contribution in [0.4, 0.5) is 5.69 Å². The summed E-state index contributed by atoms with van der Waals surface area (Å²) in [5.74, 6) is -0.250. The monoisotopic (exact) mass is 309 g/mol. The normalized spacial score (nSPS) is 13.4. The van der Waals surface area contributed by atoms with Gasteiger partial charge in [-0.3, -0.25) is 4.79 Å². The summed E-state index contributed by atoms with van der Waals surface area (Å²) in [6, 6.07) is 13.5. The van der Waals surface area contributed by atoms with Crippen LogP contribution < -0.4 is 4.90 Å². The van der Waals surface area contributed by atoms with Crippen LogP contribution in [0.2, 0.25) is 0 Å². The van der Waals surface area contributed by atoms with Crippen molar-refractivity contribution in [3.63, 3.8) is 0 Å². The maximum absolute atomic E-state index is 11.7. The smallest absolute Gasteiger partial charge is 0.337 e. The highest BCUT2D eigenvalue weighted by atomic mass is 16.5. The highest BCUT2D eigenvalue weighted by Crippen LogP contribution is 2.31. The van der Waals surface area contributed by atoms with E-state index in [4.69, 9.17) is 4.74 Å². The molecule has 2 aromatic rings. The average molecular weight is 309 g/mol. The Hall–Kier alpha value is -2.62. The molecule has 23 heavy (non-hydrogen) atoms. The number of fused-ring (bicyclic) bond motifs is 1. The first-order chi connectivity index (χ1) is 11.1. The van der Waals surface area contributed by atoms with Gasteiger partial charge in [0, 0.05) is 19.2 Å². The summed E-state index contributed by atoms with van der Waals surface area (Å²) >= 11 is 0. The third kappa shape index (κ3) is 2.97. The van der Waals surface area contributed by atoms with E-state index in [9.17, 15) is 9.59 Å². The third-order valence-corrected chi connectivity index (χ3v) is 4.22. The predicted molar refractivity (Wildman–Crippen MR) is 89.6 cm³/mol. The Morgan fingerprint density at radius 3 is 2.39 bits per heavy atom. The number of ether oxygens (including phenoxy) is 1. The fraction of sp³-hybridized carbons (Fsp3) is 0.263. The van der Waals surface area contributed by atoms with Crippen LogP contribution in [0.5, 0.6) is 0 Å². The first-order valence-corrected chi connectivity index (χ1v) is 7.70. The van der Waals surface area contributed by atoms with Gasteiger partial charge in [-0.15, -0.1) is 0 Å². The van der Waals surface area contributed by atoms with Crippen LogP contribution >= 0.6 is 0 Å². The lowest BCUT2D eigenvalue weighted by atomic mass is 9.95. The van der Waals surface area contributed by atoms with Crippen LogP contribution in [0.1, 0.15) is 29.3 Å². The second kappa shape index (κ2) is 6.24. The summed E-state index contributed by atoms with van der Waals surface area (Å²) in [5.41, 5.74) is 4.88. The van der Waals surface area contributed by atoms with E-state index >= 15 is 0 Å². The van der Waals surface area contributed by atoms with E-state index in [0.717, 1.165) is 36.2 Å². The van der Waals surface area contributed by atoms with Crippen molar-refractivity contribution in [2.24, 2.45) is 0 Å². The molecule has 1 heterocycles. The number of aryl methyl sites for hydroxylation is 1. The van der Waals surface area contributed by atoms with Crippen molar-refractivity contribution in [2.45, 2.75) is 19.8 Å². The summed E-state index contributed by atoms with van der Waals surface area (Å²) in [6.07, 6.45) is 1.96. The molecular weight excluding hydrogens is 290 g/mol. The van der Waals surface area contributed by atoms with Crippen molar-refractivity contribution in [1.29, 1.82) is 0 Å². The molecule has 0 radical (unpaired) electrons. The molecule has 0 bridgehead atoms. The van der Waals surface area contributed by atoms with Crippen LogP contribution in [0, 0.1) is 0 Å². The number of amides is 1. The molecule has 0 atom stereocenters. The predicted octanol–water partition coefficient (Wildman–Crippen LogP) is 3.44. The lowest BCUT2D eigenvalue weighted by Crippen LogP contribution is -2.33. The lowest BCUT2D eigenvalue weighted by Gasteiger charge is -2.29. The summed E-state index contributed by atoms with van der Waals surface area (Å²) in [7, 11) is 1.38. The highest BCUT2D eigenvalue weighted by molar-refractivity contribution is 5.93. The molecule has 4 heteroatoms. The van der Waals surface area contributed by atoms with Crippen LogP contribution in [0.3, 0.4) is 0 Å². The van der Waals surface area contributed by atoms with Crippen molar-refractivity contribution in [3.8, 4) is 11.1 Å². The zero-order valence-electron chi connectivity index (χ0n) is 13.3. The van der Waals surface area contributed by atoms with Crippen molar-refractivity contribution in [2.75, 3.05) is 18.6 Å². The van der Waals surface area contributed by atoms with Gasteiger partial charge in [-0.2, -0.15) is 0 Å². The van der Waals surface area contributed by atoms with Crippen LogP contribution in [0.25, 0.3) is 11.1 Å². The Bertz CT molecular complexity index is 750. The topological polar surface area (TPSA) is 46.6 Å². The maximum atomic E-state index is 11.7. The maximum Gasteiger partial charge on any atom is 0.337 e. The standard InChI is InChI=1S/C19H19NO3/c1-13(21)20-11-3-4-17-12-16(9-10-18(17)20)14-5-7-15(8-6-14)19(22)23-2/h5-10,12H,3-4,11H2,1-2H3. The molecule has 1 aliphatic heterocycles. The molecule has 0 saturated carbocycles. The Balaban J connectivity index is 1.93. The van der Waals surface area contributed by atoms with Gasteiger partial charge in [-0.25, -0.2) is 4.79 Å². The zero-order valence-corrected chi connectivity index (χ0v) is 13.3. The highest BCUT2D eigenvalue weighted by Gasteiger charge is 2.20. The van der Waals surface area contributed by atoms with Crippen molar-refractivity contribution in [1.82, 2.24) is 0 Å². The number of rotatable bonds is 2. The Labute approximate surface area is 135 Å². The number of nitrogens with zero attached hydrogens (tertiary/aromatic N) is 1. The van der Waals surface area contributed by atoms with Crippen LogP contribution in [-0.4, -0.2) is 25.5 Å². The number of esters is 1. The molecule has 2 aromatic carbocycles. The van der Waals surface area contributed by atoms with E-state index in [1.165, 1.54) is 12.7 Å². The minimum Gasteiger partial charge on any atom is -0.465 e. The summed E-state index contributed by atoms with van der Waals surface area (Å²) < 4.78 is 4.71. The quantitative estimate of drug-likeness (QED) is 0.798. The minimum absolute atomic E-state index is 0.0844. The van der Waals surface area contributed by atoms with E-state index in [1.807, 2.05) is 29.2 Å². The van der Waals surface area contributed by atoms with E-state index in [1.54, 1.807) is 19.1 Å². The van der Waals surface area contributed by atoms with Crippen molar-refractivity contribution < 1.29 is 14.3 Å². The van der Waals surface area contributed by atoms with Gasteiger partial charge in [-0.1, -0.05) is 18.2 Å². The third-order valence-electron chi connectivity index (χ3n) is 4.22. The molecule has 0 saturated heterocycles. The van der Waals surface area contributed by atoms with E-state index < -0.39 is 0 Å². The number of benzene rings is 2. The van der Waals surface area contributed by atoms with Crippen LogP contribution in [-0.2, 0) is 16.0 Å². The van der Waals surface area contributed by atoms with Crippen molar-refractivity contribution >= 4 is 17.6 Å². The number of anilines is 1. The molecule has 4 nitrogen and oxygen atoms in total. The van der Waals surface area contributed by atoms with Crippen molar-refractivity contribution in [3.05, 3.63) is 53.6 Å². The van der Waals surface area contributed by atoms with E-state index in [2.05, 4.69) is 6.07 Å². The molecule has 0 unspecified atom stereocenters.